The second kappa shape index (κ2) is 9.68. The minimum absolute atomic E-state index is 0.137. The second-order valence-corrected chi connectivity index (χ2v) is 11.0. The normalized spacial score (nSPS) is 22.8. The number of imide groups is 1. The van der Waals surface area contributed by atoms with Crippen molar-refractivity contribution >= 4 is 35.4 Å². The van der Waals surface area contributed by atoms with Gasteiger partial charge in [-0.1, -0.05) is 6.07 Å². The third-order valence-corrected chi connectivity index (χ3v) is 7.87. The summed E-state index contributed by atoms with van der Waals surface area (Å²) in [7, 11) is 1.56. The molecule has 1 unspecified atom stereocenters. The number of esters is 1. The summed E-state index contributed by atoms with van der Waals surface area (Å²) < 4.78 is 33.0. The van der Waals surface area contributed by atoms with E-state index in [4.69, 9.17) is 4.74 Å². The standard InChI is InChI=1S/C28H28F2N4O6/c1-27(2)21(10-23(36)40-27)24(37)34(13-15-6-18(29)9-19(30)7-15)14-22(35)31-20-5-4-16-11-28(12-17(16)8-20)25(38)32-26(39)33(28)3/h4-9,21H,10-14H2,1-3H3,(H,31,35)(H,32,38,39)/t21?,28-/m0/s1. The molecule has 12 heteroatoms. The van der Waals surface area contributed by atoms with Crippen LogP contribution in [0.3, 0.4) is 0 Å². The lowest BCUT2D eigenvalue weighted by molar-refractivity contribution is -0.149. The highest BCUT2D eigenvalue weighted by Gasteiger charge is 2.54. The minimum atomic E-state index is -1.12. The highest BCUT2D eigenvalue weighted by Crippen LogP contribution is 2.38. The summed E-state index contributed by atoms with van der Waals surface area (Å²) in [5.41, 5.74) is 0.0792. The Morgan fingerprint density at radius 2 is 1.75 bits per heavy atom. The molecule has 0 aromatic heterocycles. The summed E-state index contributed by atoms with van der Waals surface area (Å²) in [6.45, 7) is 2.45. The molecular formula is C28H28F2N4O6. The number of ether oxygens (including phenoxy) is 1. The van der Waals surface area contributed by atoms with Gasteiger partial charge in [0.05, 0.1) is 12.3 Å². The highest BCUT2D eigenvalue weighted by atomic mass is 19.1. The lowest BCUT2D eigenvalue weighted by atomic mass is 9.89. The van der Waals surface area contributed by atoms with Crippen LogP contribution in [0.5, 0.6) is 0 Å². The summed E-state index contributed by atoms with van der Waals surface area (Å²) in [6, 6.07) is 7.52. The number of urea groups is 1. The first kappa shape index (κ1) is 27.2. The fraction of sp³-hybridized carbons (Fsp3) is 0.393. The number of benzene rings is 2. The van der Waals surface area contributed by atoms with E-state index in [9.17, 15) is 32.8 Å². The maximum absolute atomic E-state index is 13.9. The predicted molar refractivity (Wildman–Crippen MR) is 137 cm³/mol. The van der Waals surface area contributed by atoms with Gasteiger partial charge in [0.2, 0.25) is 11.8 Å². The van der Waals surface area contributed by atoms with Crippen molar-refractivity contribution in [1.82, 2.24) is 15.1 Å². The Morgan fingerprint density at radius 3 is 2.35 bits per heavy atom. The minimum Gasteiger partial charge on any atom is -0.459 e. The van der Waals surface area contributed by atoms with Crippen molar-refractivity contribution in [3.8, 4) is 0 Å². The molecule has 0 radical (unpaired) electrons. The topological polar surface area (TPSA) is 125 Å². The molecule has 2 atom stereocenters. The van der Waals surface area contributed by atoms with Crippen LogP contribution in [-0.4, -0.2) is 64.3 Å². The van der Waals surface area contributed by atoms with Crippen LogP contribution >= 0.6 is 0 Å². The Labute approximate surface area is 228 Å². The Bertz CT molecular complexity index is 1440. The Morgan fingerprint density at radius 1 is 1.07 bits per heavy atom. The molecule has 5 amide bonds. The van der Waals surface area contributed by atoms with E-state index in [1.54, 1.807) is 39.1 Å². The Kier molecular flexibility index (Phi) is 6.59. The second-order valence-electron chi connectivity index (χ2n) is 11.0. The summed E-state index contributed by atoms with van der Waals surface area (Å²) in [4.78, 5) is 65.7. The number of nitrogens with zero attached hydrogens (tertiary/aromatic N) is 2. The van der Waals surface area contributed by atoms with Crippen LogP contribution in [0.2, 0.25) is 0 Å². The molecule has 10 nitrogen and oxygen atoms in total. The van der Waals surface area contributed by atoms with E-state index >= 15 is 0 Å². The number of cyclic esters (lactones) is 1. The lowest BCUT2D eigenvalue weighted by Gasteiger charge is -2.30. The third-order valence-electron chi connectivity index (χ3n) is 7.87. The van der Waals surface area contributed by atoms with Gasteiger partial charge in [0.25, 0.3) is 5.91 Å². The number of nitrogens with one attached hydrogen (secondary N) is 2. The number of hydrogen-bond acceptors (Lipinski definition) is 6. The van der Waals surface area contributed by atoms with E-state index in [1.165, 1.54) is 4.90 Å². The van der Waals surface area contributed by atoms with Crippen LogP contribution in [0.25, 0.3) is 0 Å². The molecule has 3 aliphatic rings. The molecule has 2 heterocycles. The van der Waals surface area contributed by atoms with E-state index in [0.717, 1.165) is 28.2 Å². The molecule has 2 aromatic carbocycles. The van der Waals surface area contributed by atoms with Crippen molar-refractivity contribution in [2.75, 3.05) is 18.9 Å². The number of carbonyl (C=O) groups excluding carboxylic acids is 5. The molecule has 2 fully saturated rings. The summed E-state index contributed by atoms with van der Waals surface area (Å²) in [6.07, 6.45) is 0.439. The van der Waals surface area contributed by atoms with Gasteiger partial charge in [0.15, 0.2) is 0 Å². The van der Waals surface area contributed by atoms with Gasteiger partial charge in [0.1, 0.15) is 29.3 Å². The number of hydrogen-bond donors (Lipinski definition) is 2. The zero-order chi connectivity index (χ0) is 29.0. The first-order valence-electron chi connectivity index (χ1n) is 12.7. The molecule has 210 valence electrons. The molecule has 40 heavy (non-hydrogen) atoms. The number of amides is 5. The maximum Gasteiger partial charge on any atom is 0.324 e. The number of anilines is 1. The number of rotatable bonds is 6. The van der Waals surface area contributed by atoms with Gasteiger partial charge < -0.3 is 19.9 Å². The van der Waals surface area contributed by atoms with Crippen molar-refractivity contribution < 1.29 is 37.5 Å². The monoisotopic (exact) mass is 554 g/mol. The van der Waals surface area contributed by atoms with Gasteiger partial charge in [-0.3, -0.25) is 24.5 Å². The van der Waals surface area contributed by atoms with Gasteiger partial charge in [-0.2, -0.15) is 0 Å². The van der Waals surface area contributed by atoms with Crippen LogP contribution in [-0.2, 0) is 43.3 Å². The quantitative estimate of drug-likeness (QED) is 0.417. The van der Waals surface area contributed by atoms with Gasteiger partial charge in [-0.25, -0.2) is 13.6 Å². The fourth-order valence-electron chi connectivity index (χ4n) is 5.71. The van der Waals surface area contributed by atoms with Crippen molar-refractivity contribution in [3.05, 3.63) is 64.7 Å². The van der Waals surface area contributed by atoms with E-state index in [2.05, 4.69) is 10.6 Å². The zero-order valence-corrected chi connectivity index (χ0v) is 22.2. The molecule has 2 aliphatic heterocycles. The average molecular weight is 555 g/mol. The molecule has 1 spiro atoms. The number of fused-ring (bicyclic) bond motifs is 1. The predicted octanol–water partition coefficient (Wildman–Crippen LogP) is 2.29. The number of likely N-dealkylation sites (N-methyl/N-ethyl adjacent to an activating group) is 1. The molecule has 0 bridgehead atoms. The summed E-state index contributed by atoms with van der Waals surface area (Å²) in [5.74, 6) is -4.61. The van der Waals surface area contributed by atoms with E-state index < -0.39 is 59.1 Å². The number of halogens is 2. The fourth-order valence-corrected chi connectivity index (χ4v) is 5.71. The first-order chi connectivity index (χ1) is 18.8. The smallest absolute Gasteiger partial charge is 0.324 e. The van der Waals surface area contributed by atoms with Crippen LogP contribution in [0.4, 0.5) is 19.3 Å². The third kappa shape index (κ3) is 4.89. The van der Waals surface area contributed by atoms with Crippen LogP contribution in [0.1, 0.15) is 37.0 Å². The van der Waals surface area contributed by atoms with Crippen molar-refractivity contribution in [2.24, 2.45) is 5.92 Å². The molecule has 2 aromatic rings. The Balaban J connectivity index is 1.34. The largest absolute Gasteiger partial charge is 0.459 e. The maximum atomic E-state index is 13.9. The molecule has 2 N–H and O–H groups in total. The lowest BCUT2D eigenvalue weighted by Crippen LogP contribution is -2.48. The van der Waals surface area contributed by atoms with Gasteiger partial charge in [-0.15, -0.1) is 0 Å². The van der Waals surface area contributed by atoms with Crippen LogP contribution in [0.15, 0.2) is 36.4 Å². The van der Waals surface area contributed by atoms with Crippen molar-refractivity contribution in [3.63, 3.8) is 0 Å². The number of carbonyl (C=O) groups is 5. The Hall–Kier alpha value is -4.35. The van der Waals surface area contributed by atoms with E-state index in [0.29, 0.717) is 18.2 Å². The summed E-state index contributed by atoms with van der Waals surface area (Å²) in [5, 5.41) is 5.07. The average Bonchev–Trinajstić information content (AvgIpc) is 3.44. The van der Waals surface area contributed by atoms with Crippen molar-refractivity contribution in [2.45, 2.75) is 50.8 Å². The van der Waals surface area contributed by atoms with E-state index in [-0.39, 0.29) is 30.9 Å². The molecule has 5 rings (SSSR count). The van der Waals surface area contributed by atoms with Gasteiger partial charge in [0, 0.05) is 38.2 Å². The van der Waals surface area contributed by atoms with E-state index in [1.807, 2.05) is 0 Å². The molecule has 1 aliphatic carbocycles. The van der Waals surface area contributed by atoms with Gasteiger partial charge in [-0.05, 0) is 54.8 Å². The van der Waals surface area contributed by atoms with Crippen molar-refractivity contribution in [1.29, 1.82) is 0 Å². The SMILES string of the molecule is CN1C(=O)NC(=O)[C@@]12Cc1ccc(NC(=O)CN(Cc3cc(F)cc(F)c3)C(=O)C3CC(=O)OC3(C)C)cc1C2. The zero-order valence-electron chi connectivity index (χ0n) is 22.2. The summed E-state index contributed by atoms with van der Waals surface area (Å²) >= 11 is 0. The molecule has 2 saturated heterocycles. The first-order valence-corrected chi connectivity index (χ1v) is 12.7. The highest BCUT2D eigenvalue weighted by molar-refractivity contribution is 6.07. The van der Waals surface area contributed by atoms with Gasteiger partial charge >= 0.3 is 12.0 Å². The van der Waals surface area contributed by atoms with Crippen LogP contribution in [0, 0.1) is 17.6 Å². The molecular weight excluding hydrogens is 526 g/mol. The molecule has 0 saturated carbocycles. The van der Waals surface area contributed by atoms with Crippen LogP contribution < -0.4 is 10.6 Å².